The predicted molar refractivity (Wildman–Crippen MR) is 87.9 cm³/mol. The van der Waals surface area contributed by atoms with Gasteiger partial charge in [0, 0.05) is 12.6 Å². The Bertz CT molecular complexity index is 472. The maximum atomic E-state index is 12.5. The molecule has 0 aromatic heterocycles. The largest absolute Gasteiger partial charge is 0.322 e. The number of rotatable bonds is 4. The fourth-order valence-electron chi connectivity index (χ4n) is 2.62. The normalized spacial score (nSPS) is 16.0. The number of nitrogens with one attached hydrogen (secondary N) is 2. The van der Waals surface area contributed by atoms with Gasteiger partial charge in [-0.25, -0.2) is 4.79 Å². The van der Waals surface area contributed by atoms with Gasteiger partial charge in [-0.05, 0) is 57.8 Å². The summed E-state index contributed by atoms with van der Waals surface area (Å²) in [5, 5.41) is 6.84. The highest BCUT2D eigenvalue weighted by Crippen LogP contribution is 2.22. The number of piperidine rings is 1. The van der Waals surface area contributed by atoms with E-state index in [1.807, 2.05) is 36.9 Å². The third kappa shape index (κ3) is 4.61. The molecule has 1 saturated heterocycles. The molecule has 1 aliphatic rings. The quantitative estimate of drug-likeness (QED) is 0.893. The van der Waals surface area contributed by atoms with Crippen LogP contribution in [0.3, 0.4) is 0 Å². The van der Waals surface area contributed by atoms with Crippen molar-refractivity contribution in [2.24, 2.45) is 5.92 Å². The molecule has 0 atom stereocenters. The van der Waals surface area contributed by atoms with Crippen LogP contribution >= 0.6 is 11.6 Å². The second kappa shape index (κ2) is 7.66. The van der Waals surface area contributed by atoms with Gasteiger partial charge in [-0.3, -0.25) is 0 Å². The molecule has 1 fully saturated rings. The fraction of sp³-hybridized carbons (Fsp3) is 0.562. The number of benzene rings is 1. The lowest BCUT2D eigenvalue weighted by atomic mass is 9.97. The van der Waals surface area contributed by atoms with Crippen molar-refractivity contribution >= 4 is 23.3 Å². The van der Waals surface area contributed by atoms with E-state index in [0.29, 0.717) is 16.6 Å². The summed E-state index contributed by atoms with van der Waals surface area (Å²) in [7, 11) is 0. The molecule has 2 N–H and O–H groups in total. The number of para-hydroxylation sites is 1. The van der Waals surface area contributed by atoms with Crippen LogP contribution < -0.4 is 10.6 Å². The first kappa shape index (κ1) is 16.1. The number of carbonyl (C=O) groups excluding carboxylic acids is 1. The Morgan fingerprint density at radius 2 is 2.05 bits per heavy atom. The van der Waals surface area contributed by atoms with E-state index in [-0.39, 0.29) is 12.1 Å². The van der Waals surface area contributed by atoms with Gasteiger partial charge in [0.15, 0.2) is 0 Å². The Kier molecular flexibility index (Phi) is 5.88. The van der Waals surface area contributed by atoms with E-state index in [1.54, 1.807) is 6.07 Å². The van der Waals surface area contributed by atoms with Crippen LogP contribution in [-0.4, -0.2) is 36.6 Å². The summed E-state index contributed by atoms with van der Waals surface area (Å²) in [4.78, 5) is 14.4. The Morgan fingerprint density at radius 1 is 1.38 bits per heavy atom. The molecular weight excluding hydrogens is 286 g/mol. The predicted octanol–water partition coefficient (Wildman–Crippen LogP) is 3.58. The van der Waals surface area contributed by atoms with Crippen molar-refractivity contribution in [3.05, 3.63) is 29.3 Å². The zero-order chi connectivity index (χ0) is 15.2. The maximum absolute atomic E-state index is 12.5. The molecule has 1 aromatic carbocycles. The molecule has 116 valence electrons. The van der Waals surface area contributed by atoms with Crippen LogP contribution in [0, 0.1) is 5.92 Å². The van der Waals surface area contributed by atoms with Gasteiger partial charge in [0.25, 0.3) is 0 Å². The minimum absolute atomic E-state index is 0.0726. The Balaban J connectivity index is 2.00. The molecule has 1 aliphatic heterocycles. The van der Waals surface area contributed by atoms with Crippen molar-refractivity contribution in [2.75, 3.05) is 25.0 Å². The zero-order valence-corrected chi connectivity index (χ0v) is 13.5. The number of hydrogen-bond acceptors (Lipinski definition) is 2. The molecule has 0 radical (unpaired) electrons. The van der Waals surface area contributed by atoms with Gasteiger partial charge in [0.2, 0.25) is 0 Å². The van der Waals surface area contributed by atoms with Gasteiger partial charge in [-0.15, -0.1) is 0 Å². The van der Waals surface area contributed by atoms with Crippen molar-refractivity contribution < 1.29 is 4.79 Å². The molecule has 2 amide bonds. The molecule has 1 heterocycles. The highest BCUT2D eigenvalue weighted by Gasteiger charge is 2.23. The summed E-state index contributed by atoms with van der Waals surface area (Å²) < 4.78 is 0. The Morgan fingerprint density at radius 3 is 2.67 bits per heavy atom. The first-order chi connectivity index (χ1) is 10.1. The third-order valence-electron chi connectivity index (χ3n) is 3.91. The second-order valence-electron chi connectivity index (χ2n) is 5.85. The molecule has 5 heteroatoms. The lowest BCUT2D eigenvalue weighted by Gasteiger charge is -2.33. The van der Waals surface area contributed by atoms with Crippen LogP contribution in [0.15, 0.2) is 24.3 Å². The van der Waals surface area contributed by atoms with Gasteiger partial charge in [-0.2, -0.15) is 0 Å². The zero-order valence-electron chi connectivity index (χ0n) is 12.7. The molecule has 2 rings (SSSR count). The SMILES string of the molecule is CC(C)N(CC1CCNCC1)C(=O)Nc1ccccc1Cl. The second-order valence-corrected chi connectivity index (χ2v) is 6.26. The van der Waals surface area contributed by atoms with Crippen LogP contribution in [0.1, 0.15) is 26.7 Å². The Hall–Kier alpha value is -1.26. The van der Waals surface area contributed by atoms with Crippen molar-refractivity contribution in [2.45, 2.75) is 32.7 Å². The van der Waals surface area contributed by atoms with E-state index in [9.17, 15) is 4.79 Å². The summed E-state index contributed by atoms with van der Waals surface area (Å²) in [6.07, 6.45) is 2.26. The van der Waals surface area contributed by atoms with Crippen molar-refractivity contribution in [3.8, 4) is 0 Å². The molecule has 1 aromatic rings. The van der Waals surface area contributed by atoms with Crippen LogP contribution in [0.4, 0.5) is 10.5 Å². The summed E-state index contributed by atoms with van der Waals surface area (Å²) in [6, 6.07) is 7.42. The average Bonchev–Trinajstić information content (AvgIpc) is 2.48. The average molecular weight is 310 g/mol. The number of amides is 2. The molecular formula is C16H24ClN3O. The maximum Gasteiger partial charge on any atom is 0.322 e. The van der Waals surface area contributed by atoms with Gasteiger partial charge in [0.1, 0.15) is 0 Å². The van der Waals surface area contributed by atoms with Crippen molar-refractivity contribution in [1.29, 1.82) is 0 Å². The molecule has 4 nitrogen and oxygen atoms in total. The van der Waals surface area contributed by atoms with Gasteiger partial charge >= 0.3 is 6.03 Å². The van der Waals surface area contributed by atoms with Crippen LogP contribution in [0.25, 0.3) is 0 Å². The number of anilines is 1. The highest BCUT2D eigenvalue weighted by molar-refractivity contribution is 6.33. The van der Waals surface area contributed by atoms with E-state index in [1.165, 1.54) is 0 Å². The number of carbonyl (C=O) groups is 1. The lowest BCUT2D eigenvalue weighted by molar-refractivity contribution is 0.175. The van der Waals surface area contributed by atoms with E-state index in [4.69, 9.17) is 11.6 Å². The fourth-order valence-corrected chi connectivity index (χ4v) is 2.80. The number of urea groups is 1. The topological polar surface area (TPSA) is 44.4 Å². The van der Waals surface area contributed by atoms with Crippen molar-refractivity contribution in [3.63, 3.8) is 0 Å². The summed E-state index contributed by atoms with van der Waals surface area (Å²) in [5.74, 6) is 0.575. The minimum Gasteiger partial charge on any atom is -0.322 e. The summed E-state index contributed by atoms with van der Waals surface area (Å²) >= 11 is 6.10. The molecule has 0 saturated carbocycles. The van der Waals surface area contributed by atoms with Crippen LogP contribution in [-0.2, 0) is 0 Å². The summed E-state index contributed by atoms with van der Waals surface area (Å²) in [6.45, 7) is 6.99. The lowest BCUT2D eigenvalue weighted by Crippen LogP contribution is -2.44. The van der Waals surface area contributed by atoms with E-state index in [2.05, 4.69) is 10.6 Å². The van der Waals surface area contributed by atoms with Gasteiger partial charge in [0.05, 0.1) is 10.7 Å². The first-order valence-corrected chi connectivity index (χ1v) is 7.98. The smallest absolute Gasteiger partial charge is 0.322 e. The van der Waals surface area contributed by atoms with E-state index < -0.39 is 0 Å². The molecule has 21 heavy (non-hydrogen) atoms. The summed E-state index contributed by atoms with van der Waals surface area (Å²) in [5.41, 5.74) is 0.667. The Labute approximate surface area is 131 Å². The van der Waals surface area contributed by atoms with Gasteiger partial charge < -0.3 is 15.5 Å². The minimum atomic E-state index is -0.0726. The molecule has 0 aliphatic carbocycles. The van der Waals surface area contributed by atoms with Crippen LogP contribution in [0.2, 0.25) is 5.02 Å². The molecule has 0 bridgehead atoms. The van der Waals surface area contributed by atoms with Crippen molar-refractivity contribution in [1.82, 2.24) is 10.2 Å². The number of halogens is 1. The van der Waals surface area contributed by atoms with E-state index in [0.717, 1.165) is 32.5 Å². The van der Waals surface area contributed by atoms with E-state index >= 15 is 0 Å². The number of nitrogens with zero attached hydrogens (tertiary/aromatic N) is 1. The first-order valence-electron chi connectivity index (χ1n) is 7.61. The monoisotopic (exact) mass is 309 g/mol. The third-order valence-corrected chi connectivity index (χ3v) is 4.24. The highest BCUT2D eigenvalue weighted by atomic mass is 35.5. The van der Waals surface area contributed by atoms with Gasteiger partial charge in [-0.1, -0.05) is 23.7 Å². The number of hydrogen-bond donors (Lipinski definition) is 2. The molecule has 0 spiro atoms. The molecule has 0 unspecified atom stereocenters. The standard InChI is InChI=1S/C16H24ClN3O/c1-12(2)20(11-13-7-9-18-10-8-13)16(21)19-15-6-4-3-5-14(15)17/h3-6,12-13,18H,7-11H2,1-2H3,(H,19,21). The van der Waals surface area contributed by atoms with Crippen LogP contribution in [0.5, 0.6) is 0 Å².